The number of alkyl halides is 3. The summed E-state index contributed by atoms with van der Waals surface area (Å²) in [5.74, 6) is 0. The van der Waals surface area contributed by atoms with E-state index in [2.05, 4.69) is 14.1 Å². The SMILES string of the molecule is CCCNC(c1cnsn1)c1ccccc1C(F)(F)F. The van der Waals surface area contributed by atoms with Gasteiger partial charge in [-0.05, 0) is 24.6 Å². The summed E-state index contributed by atoms with van der Waals surface area (Å²) in [5.41, 5.74) is 0.0582. The number of nitrogens with one attached hydrogen (secondary N) is 1. The normalized spacial score (nSPS) is 13.4. The third-order valence-corrected chi connectivity index (χ3v) is 3.34. The second kappa shape index (κ2) is 6.32. The minimum Gasteiger partial charge on any atom is -0.305 e. The highest BCUT2D eigenvalue weighted by atomic mass is 32.1. The van der Waals surface area contributed by atoms with Gasteiger partial charge in [-0.25, -0.2) is 0 Å². The van der Waals surface area contributed by atoms with Gasteiger partial charge in [0.25, 0.3) is 0 Å². The second-order valence-electron chi connectivity index (χ2n) is 4.30. The summed E-state index contributed by atoms with van der Waals surface area (Å²) in [7, 11) is 0. The molecule has 0 saturated heterocycles. The monoisotopic (exact) mass is 301 g/mol. The minimum atomic E-state index is -4.38. The van der Waals surface area contributed by atoms with Gasteiger partial charge in [-0.1, -0.05) is 25.1 Å². The third kappa shape index (κ3) is 3.34. The Bertz CT molecular complexity index is 540. The molecular weight excluding hydrogens is 287 g/mol. The van der Waals surface area contributed by atoms with Crippen LogP contribution >= 0.6 is 11.7 Å². The van der Waals surface area contributed by atoms with Crippen molar-refractivity contribution in [2.45, 2.75) is 25.6 Å². The predicted molar refractivity (Wildman–Crippen MR) is 71.5 cm³/mol. The highest BCUT2D eigenvalue weighted by molar-refractivity contribution is 6.99. The van der Waals surface area contributed by atoms with E-state index in [-0.39, 0.29) is 5.56 Å². The minimum absolute atomic E-state index is 0.182. The Morgan fingerprint density at radius 1 is 1.30 bits per heavy atom. The van der Waals surface area contributed by atoms with E-state index in [1.807, 2.05) is 6.92 Å². The Hall–Kier alpha value is -1.47. The smallest absolute Gasteiger partial charge is 0.305 e. The molecule has 108 valence electrons. The van der Waals surface area contributed by atoms with Crippen molar-refractivity contribution in [2.24, 2.45) is 0 Å². The Morgan fingerprint density at radius 3 is 2.65 bits per heavy atom. The van der Waals surface area contributed by atoms with E-state index in [9.17, 15) is 13.2 Å². The van der Waals surface area contributed by atoms with E-state index in [0.717, 1.165) is 24.2 Å². The molecule has 1 heterocycles. The molecule has 20 heavy (non-hydrogen) atoms. The van der Waals surface area contributed by atoms with Crippen LogP contribution in [0.1, 0.15) is 36.2 Å². The number of nitrogens with zero attached hydrogens (tertiary/aromatic N) is 2. The molecule has 1 aromatic carbocycles. The van der Waals surface area contributed by atoms with Crippen molar-refractivity contribution in [2.75, 3.05) is 6.54 Å². The Kier molecular flexibility index (Phi) is 4.72. The fraction of sp³-hybridized carbons (Fsp3) is 0.385. The molecular formula is C13H14F3N3S. The summed E-state index contributed by atoms with van der Waals surface area (Å²) >= 11 is 0.988. The summed E-state index contributed by atoms with van der Waals surface area (Å²) in [4.78, 5) is 0. The lowest BCUT2D eigenvalue weighted by atomic mass is 9.97. The van der Waals surface area contributed by atoms with Crippen molar-refractivity contribution in [3.8, 4) is 0 Å². The highest BCUT2D eigenvalue weighted by Gasteiger charge is 2.35. The maximum absolute atomic E-state index is 13.1. The van der Waals surface area contributed by atoms with Crippen molar-refractivity contribution in [3.05, 3.63) is 47.3 Å². The van der Waals surface area contributed by atoms with Crippen molar-refractivity contribution >= 4 is 11.7 Å². The number of aromatic nitrogens is 2. The van der Waals surface area contributed by atoms with Gasteiger partial charge in [-0.15, -0.1) is 0 Å². The maximum atomic E-state index is 13.1. The summed E-state index contributed by atoms with van der Waals surface area (Å²) in [6, 6.07) is 4.98. The number of hydrogen-bond acceptors (Lipinski definition) is 4. The Labute approximate surface area is 119 Å². The van der Waals surface area contributed by atoms with Gasteiger partial charge in [-0.2, -0.15) is 21.9 Å². The quantitative estimate of drug-likeness (QED) is 0.916. The number of rotatable bonds is 5. The number of halogens is 3. The average Bonchev–Trinajstić information content (AvgIpc) is 2.92. The zero-order valence-electron chi connectivity index (χ0n) is 10.8. The van der Waals surface area contributed by atoms with Gasteiger partial charge in [0, 0.05) is 0 Å². The first kappa shape index (κ1) is 14.9. The zero-order chi connectivity index (χ0) is 14.6. The van der Waals surface area contributed by atoms with Crippen LogP contribution in [-0.2, 0) is 6.18 Å². The average molecular weight is 301 g/mol. The van der Waals surface area contributed by atoms with Crippen LogP contribution in [0.2, 0.25) is 0 Å². The maximum Gasteiger partial charge on any atom is 0.416 e. The van der Waals surface area contributed by atoms with Crippen LogP contribution in [0.5, 0.6) is 0 Å². The fourth-order valence-electron chi connectivity index (χ4n) is 1.97. The van der Waals surface area contributed by atoms with Crippen molar-refractivity contribution in [1.29, 1.82) is 0 Å². The first-order valence-electron chi connectivity index (χ1n) is 6.21. The number of hydrogen-bond donors (Lipinski definition) is 1. The van der Waals surface area contributed by atoms with Crippen LogP contribution in [0, 0.1) is 0 Å². The molecule has 0 fully saturated rings. The topological polar surface area (TPSA) is 37.8 Å². The van der Waals surface area contributed by atoms with Gasteiger partial charge in [-0.3, -0.25) is 0 Å². The molecule has 0 bridgehead atoms. The van der Waals surface area contributed by atoms with E-state index in [0.29, 0.717) is 12.2 Å². The molecule has 0 radical (unpaired) electrons. The van der Waals surface area contributed by atoms with Crippen LogP contribution in [0.4, 0.5) is 13.2 Å². The molecule has 0 spiro atoms. The van der Waals surface area contributed by atoms with Crippen LogP contribution < -0.4 is 5.32 Å². The van der Waals surface area contributed by atoms with Crippen molar-refractivity contribution < 1.29 is 13.2 Å². The van der Waals surface area contributed by atoms with E-state index < -0.39 is 17.8 Å². The summed E-state index contributed by atoms with van der Waals surface area (Å²) < 4.78 is 47.3. The Morgan fingerprint density at radius 2 is 2.05 bits per heavy atom. The van der Waals surface area contributed by atoms with Crippen LogP contribution in [0.3, 0.4) is 0 Å². The molecule has 0 amide bonds. The lowest BCUT2D eigenvalue weighted by Crippen LogP contribution is -2.26. The molecule has 2 aromatic rings. The lowest BCUT2D eigenvalue weighted by molar-refractivity contribution is -0.138. The molecule has 7 heteroatoms. The molecule has 0 aliphatic carbocycles. The van der Waals surface area contributed by atoms with Crippen LogP contribution in [-0.4, -0.2) is 15.3 Å². The van der Waals surface area contributed by atoms with E-state index in [1.165, 1.54) is 18.3 Å². The van der Waals surface area contributed by atoms with Gasteiger partial charge >= 0.3 is 6.18 Å². The standard InChI is InChI=1S/C13H14F3N3S/c1-2-7-17-12(11-8-18-20-19-11)9-5-3-4-6-10(9)13(14,15)16/h3-6,8,12,17H,2,7H2,1H3. The van der Waals surface area contributed by atoms with Crippen molar-refractivity contribution in [3.63, 3.8) is 0 Å². The molecule has 1 unspecified atom stereocenters. The van der Waals surface area contributed by atoms with Crippen LogP contribution in [0.15, 0.2) is 30.5 Å². The molecule has 1 N–H and O–H groups in total. The first-order valence-corrected chi connectivity index (χ1v) is 6.94. The first-order chi connectivity index (χ1) is 9.54. The largest absolute Gasteiger partial charge is 0.416 e. The zero-order valence-corrected chi connectivity index (χ0v) is 11.6. The van der Waals surface area contributed by atoms with Gasteiger partial charge in [0.15, 0.2) is 0 Å². The Balaban J connectivity index is 2.44. The molecule has 2 rings (SSSR count). The summed E-state index contributed by atoms with van der Waals surface area (Å²) in [5, 5.41) is 3.10. The molecule has 0 saturated carbocycles. The van der Waals surface area contributed by atoms with Crippen molar-refractivity contribution in [1.82, 2.24) is 14.1 Å². The summed E-state index contributed by atoms with van der Waals surface area (Å²) in [6.07, 6.45) is -2.06. The number of benzene rings is 1. The van der Waals surface area contributed by atoms with Gasteiger partial charge in [0.05, 0.1) is 35.2 Å². The van der Waals surface area contributed by atoms with Gasteiger partial charge < -0.3 is 5.32 Å². The van der Waals surface area contributed by atoms with Gasteiger partial charge in [0.2, 0.25) is 0 Å². The van der Waals surface area contributed by atoms with Gasteiger partial charge in [0.1, 0.15) is 0 Å². The highest BCUT2D eigenvalue weighted by Crippen LogP contribution is 2.36. The van der Waals surface area contributed by atoms with Crippen LogP contribution in [0.25, 0.3) is 0 Å². The fourth-order valence-corrected chi connectivity index (χ4v) is 2.42. The van der Waals surface area contributed by atoms with E-state index in [4.69, 9.17) is 0 Å². The summed E-state index contributed by atoms with van der Waals surface area (Å²) in [6.45, 7) is 2.56. The molecule has 3 nitrogen and oxygen atoms in total. The molecule has 0 aliphatic rings. The molecule has 1 atom stereocenters. The predicted octanol–water partition coefficient (Wildman–Crippen LogP) is 3.65. The molecule has 1 aromatic heterocycles. The second-order valence-corrected chi connectivity index (χ2v) is 4.86. The van der Waals surface area contributed by atoms with E-state index >= 15 is 0 Å². The van der Waals surface area contributed by atoms with E-state index in [1.54, 1.807) is 6.07 Å². The molecule has 0 aliphatic heterocycles. The third-order valence-electron chi connectivity index (χ3n) is 2.85. The lowest BCUT2D eigenvalue weighted by Gasteiger charge is -2.21.